The maximum atomic E-state index is 12.3. The Morgan fingerprint density at radius 3 is 2.60 bits per heavy atom. The van der Waals surface area contributed by atoms with Crippen LogP contribution in [-0.4, -0.2) is 30.2 Å². The second kappa shape index (κ2) is 6.56. The van der Waals surface area contributed by atoms with Crippen molar-refractivity contribution in [1.29, 1.82) is 5.41 Å². The lowest BCUT2D eigenvalue weighted by Crippen LogP contribution is -2.33. The molecule has 1 aliphatic carbocycles. The highest BCUT2D eigenvalue weighted by Gasteiger charge is 2.41. The van der Waals surface area contributed by atoms with E-state index in [1.807, 2.05) is 24.3 Å². The van der Waals surface area contributed by atoms with E-state index < -0.39 is 0 Å². The van der Waals surface area contributed by atoms with Crippen LogP contribution in [-0.2, 0) is 16.0 Å². The molecule has 0 aromatic heterocycles. The first-order valence-corrected chi connectivity index (χ1v) is 9.15. The molecule has 0 amide bonds. The Morgan fingerprint density at radius 1 is 1.32 bits per heavy atom. The van der Waals surface area contributed by atoms with E-state index in [0.29, 0.717) is 17.8 Å². The van der Waals surface area contributed by atoms with E-state index in [2.05, 4.69) is 5.32 Å². The van der Waals surface area contributed by atoms with Gasteiger partial charge >= 0.3 is 0 Å². The maximum absolute atomic E-state index is 12.3. The molecule has 2 aliphatic heterocycles. The third-order valence-corrected chi connectivity index (χ3v) is 5.68. The summed E-state index contributed by atoms with van der Waals surface area (Å²) in [7, 11) is 0. The average molecular weight is 360 g/mol. The lowest BCUT2D eigenvalue weighted by atomic mass is 9.99. The van der Waals surface area contributed by atoms with E-state index in [-0.39, 0.29) is 35.0 Å². The van der Waals surface area contributed by atoms with Gasteiger partial charge in [-0.1, -0.05) is 35.9 Å². The fourth-order valence-corrected chi connectivity index (χ4v) is 3.88. The second-order valence-corrected chi connectivity index (χ2v) is 7.57. The third kappa shape index (κ3) is 3.36. The second-order valence-electron chi connectivity index (χ2n) is 7.19. The molecule has 1 saturated carbocycles. The molecule has 5 nitrogen and oxygen atoms in total. The molecule has 3 atom stereocenters. The van der Waals surface area contributed by atoms with E-state index in [1.54, 1.807) is 0 Å². The molecule has 0 radical (unpaired) electrons. The minimum atomic E-state index is -0.306. The first-order valence-electron chi connectivity index (χ1n) is 8.78. The van der Waals surface area contributed by atoms with Crippen LogP contribution in [0.4, 0.5) is 0 Å². The maximum Gasteiger partial charge on any atom is 0.186 e. The van der Waals surface area contributed by atoms with Crippen molar-refractivity contribution in [2.24, 2.45) is 11.7 Å². The predicted molar refractivity (Wildman–Crippen MR) is 96.7 cm³/mol. The number of Topliss-reactive ketones (excluding diaryl/α,β-unsaturated/α-hetero) is 1. The van der Waals surface area contributed by atoms with E-state index in [4.69, 9.17) is 27.5 Å². The number of allylic oxidation sites excluding steroid dienone is 2. The van der Waals surface area contributed by atoms with Crippen molar-refractivity contribution in [3.8, 4) is 0 Å². The van der Waals surface area contributed by atoms with E-state index in [0.717, 1.165) is 36.9 Å². The van der Waals surface area contributed by atoms with Gasteiger partial charge in [-0.25, -0.2) is 0 Å². The number of ketones is 1. The zero-order valence-corrected chi connectivity index (χ0v) is 14.7. The summed E-state index contributed by atoms with van der Waals surface area (Å²) in [5, 5.41) is 11.6. The fourth-order valence-electron chi connectivity index (χ4n) is 3.62. The molecule has 4 rings (SSSR count). The molecular formula is C19H22ClN3O2. The topological polar surface area (TPSA) is 88.2 Å². The number of nitrogens with two attached hydrogens (primary N) is 1. The Morgan fingerprint density at radius 2 is 2.04 bits per heavy atom. The zero-order chi connectivity index (χ0) is 17.6. The van der Waals surface area contributed by atoms with Gasteiger partial charge in [0.25, 0.3) is 0 Å². The van der Waals surface area contributed by atoms with Crippen LogP contribution in [0, 0.1) is 11.3 Å². The van der Waals surface area contributed by atoms with Gasteiger partial charge in [0, 0.05) is 30.6 Å². The highest BCUT2D eigenvalue weighted by atomic mass is 35.5. The van der Waals surface area contributed by atoms with Gasteiger partial charge < -0.3 is 15.8 Å². The summed E-state index contributed by atoms with van der Waals surface area (Å²) in [6, 6.07) is 8.26. The molecule has 132 valence electrons. The van der Waals surface area contributed by atoms with Gasteiger partial charge in [0.2, 0.25) is 0 Å². The van der Waals surface area contributed by atoms with Gasteiger partial charge in [0.05, 0.1) is 17.2 Å². The number of halogens is 1. The van der Waals surface area contributed by atoms with Gasteiger partial charge in [-0.15, -0.1) is 0 Å². The monoisotopic (exact) mass is 359 g/mol. The van der Waals surface area contributed by atoms with Gasteiger partial charge in [-0.3, -0.25) is 10.2 Å². The third-order valence-electron chi connectivity index (χ3n) is 5.27. The number of hydrogen-bond donors (Lipinski definition) is 3. The number of morpholine rings is 1. The minimum Gasteiger partial charge on any atom is -0.401 e. The largest absolute Gasteiger partial charge is 0.401 e. The minimum absolute atomic E-state index is 0.0949. The summed E-state index contributed by atoms with van der Waals surface area (Å²) in [5.41, 5.74) is 8.20. The highest BCUT2D eigenvalue weighted by molar-refractivity contribution is 6.59. The molecule has 6 heteroatoms. The average Bonchev–Trinajstić information content (AvgIpc) is 3.27. The number of rotatable bonds is 6. The van der Waals surface area contributed by atoms with Crippen molar-refractivity contribution in [2.75, 3.05) is 6.54 Å². The number of benzene rings is 1. The van der Waals surface area contributed by atoms with Crippen molar-refractivity contribution >= 4 is 23.1 Å². The number of nitrogens with one attached hydrogen (secondary N) is 2. The van der Waals surface area contributed by atoms with Crippen LogP contribution in [0.5, 0.6) is 0 Å². The molecule has 3 fully saturated rings. The van der Waals surface area contributed by atoms with Crippen molar-refractivity contribution in [3.63, 3.8) is 0 Å². The Bertz CT molecular complexity index is 740. The Kier molecular flexibility index (Phi) is 4.40. The summed E-state index contributed by atoms with van der Waals surface area (Å²) in [4.78, 5) is 12.3. The van der Waals surface area contributed by atoms with Crippen LogP contribution >= 0.6 is 11.6 Å². The molecule has 2 heterocycles. The summed E-state index contributed by atoms with van der Waals surface area (Å²) in [5.74, 6) is -0.0607. The quantitative estimate of drug-likeness (QED) is 0.681. The Labute approximate surface area is 152 Å². The van der Waals surface area contributed by atoms with Crippen molar-refractivity contribution < 1.29 is 9.53 Å². The molecule has 4 N–H and O–H groups in total. The van der Waals surface area contributed by atoms with Crippen LogP contribution < -0.4 is 11.1 Å². The number of carbonyl (C=O) groups is 1. The SMILES string of the molecule is N=C(C(=O)Cc1ccc([C@@H]2O[C@H]3CN[C@@H]2C3)cc1)C(Cl)=C(N)C1CC1. The lowest BCUT2D eigenvalue weighted by molar-refractivity contribution is -0.112. The Hall–Kier alpha value is -1.69. The fraction of sp³-hybridized carbons (Fsp3) is 0.474. The van der Waals surface area contributed by atoms with Crippen LogP contribution in [0.25, 0.3) is 0 Å². The lowest BCUT2D eigenvalue weighted by Gasteiger charge is -2.23. The van der Waals surface area contributed by atoms with Crippen molar-refractivity contribution in [2.45, 2.75) is 43.9 Å². The molecule has 1 aromatic rings. The van der Waals surface area contributed by atoms with Gasteiger partial charge in [0.15, 0.2) is 5.78 Å². The molecule has 25 heavy (non-hydrogen) atoms. The van der Waals surface area contributed by atoms with E-state index in [1.165, 1.54) is 0 Å². The summed E-state index contributed by atoms with van der Waals surface area (Å²) >= 11 is 6.11. The van der Waals surface area contributed by atoms with Gasteiger partial charge in [-0.05, 0) is 30.4 Å². The molecular weight excluding hydrogens is 338 g/mol. The Balaban J connectivity index is 1.40. The van der Waals surface area contributed by atoms with Crippen LogP contribution in [0.15, 0.2) is 35.0 Å². The molecule has 0 spiro atoms. The van der Waals surface area contributed by atoms with E-state index >= 15 is 0 Å². The van der Waals surface area contributed by atoms with Gasteiger partial charge in [-0.2, -0.15) is 0 Å². The summed E-state index contributed by atoms with van der Waals surface area (Å²) < 4.78 is 5.99. The first-order chi connectivity index (χ1) is 12.0. The summed E-state index contributed by atoms with van der Waals surface area (Å²) in [6.45, 7) is 0.939. The summed E-state index contributed by atoms with van der Waals surface area (Å²) in [6.07, 6.45) is 3.62. The van der Waals surface area contributed by atoms with Crippen LogP contribution in [0.2, 0.25) is 0 Å². The highest BCUT2D eigenvalue weighted by Crippen LogP contribution is 2.37. The van der Waals surface area contributed by atoms with Crippen molar-refractivity contribution in [1.82, 2.24) is 5.32 Å². The van der Waals surface area contributed by atoms with Gasteiger partial charge in [0.1, 0.15) is 5.71 Å². The zero-order valence-electron chi connectivity index (χ0n) is 13.9. The smallest absolute Gasteiger partial charge is 0.186 e. The predicted octanol–water partition coefficient (Wildman–Crippen LogP) is 2.44. The molecule has 2 saturated heterocycles. The number of ether oxygens (including phenoxy) is 1. The molecule has 1 aromatic carbocycles. The van der Waals surface area contributed by atoms with Crippen LogP contribution in [0.3, 0.4) is 0 Å². The van der Waals surface area contributed by atoms with Crippen molar-refractivity contribution in [3.05, 3.63) is 46.1 Å². The molecule has 3 aliphatic rings. The number of carbonyl (C=O) groups excluding carboxylic acids is 1. The first kappa shape index (κ1) is 16.8. The molecule has 2 bridgehead atoms. The standard InChI is InChI=1S/C19H22ClN3O2/c20-16(17(21)11-5-6-11)18(22)15(24)7-10-1-3-12(4-2-10)19-14-8-13(25-19)9-23-14/h1-4,11,13-14,19,22-23H,5-9,21H2/t13-,14-,19+/m1/s1. The van der Waals surface area contributed by atoms with E-state index in [9.17, 15) is 4.79 Å². The molecule has 0 unspecified atom stereocenters. The normalized spacial score (nSPS) is 28.8. The van der Waals surface area contributed by atoms with Crippen LogP contribution in [0.1, 0.15) is 36.5 Å². The number of fused-ring (bicyclic) bond motifs is 2. The number of hydrogen-bond acceptors (Lipinski definition) is 5.